The molecule has 0 radical (unpaired) electrons. The van der Waals surface area contributed by atoms with E-state index >= 15 is 0 Å². The zero-order chi connectivity index (χ0) is 15.3. The maximum Gasteiger partial charge on any atom is 0.240 e. The molecule has 0 atom stereocenters. The van der Waals surface area contributed by atoms with E-state index in [0.717, 1.165) is 24.1 Å². The highest BCUT2D eigenvalue weighted by molar-refractivity contribution is 7.89. The maximum absolute atomic E-state index is 12.3. The monoisotopic (exact) mass is 298 g/mol. The largest absolute Gasteiger partial charge is 0.309 e. The topological polar surface area (TPSA) is 49.4 Å². The number of nitrogens with zero attached hydrogens (tertiary/aromatic N) is 1. The van der Waals surface area contributed by atoms with Gasteiger partial charge in [0.05, 0.1) is 4.90 Å². The molecule has 4 nitrogen and oxygen atoms in total. The lowest BCUT2D eigenvalue weighted by molar-refractivity contribution is 0.400. The van der Waals surface area contributed by atoms with Gasteiger partial charge in [0.15, 0.2) is 0 Å². The van der Waals surface area contributed by atoms with Crippen LogP contribution in [0.4, 0.5) is 0 Å². The summed E-state index contributed by atoms with van der Waals surface area (Å²) in [5.41, 5.74) is 1.83. The van der Waals surface area contributed by atoms with Gasteiger partial charge in [0.25, 0.3) is 0 Å². The minimum atomic E-state index is -3.41. The first-order valence-corrected chi connectivity index (χ1v) is 8.47. The van der Waals surface area contributed by atoms with E-state index in [4.69, 9.17) is 0 Å². The number of rotatable bonds is 7. The second kappa shape index (κ2) is 7.20. The fourth-order valence-electron chi connectivity index (χ4n) is 1.94. The molecule has 0 heterocycles. The highest BCUT2D eigenvalue weighted by Crippen LogP contribution is 2.22. The molecule has 0 aromatic heterocycles. The van der Waals surface area contributed by atoms with E-state index in [1.165, 1.54) is 0 Å². The molecule has 0 aliphatic carbocycles. The van der Waals surface area contributed by atoms with Gasteiger partial charge in [0.1, 0.15) is 0 Å². The molecule has 0 aliphatic rings. The van der Waals surface area contributed by atoms with Crippen LogP contribution >= 0.6 is 0 Å². The smallest absolute Gasteiger partial charge is 0.240 e. The average molecular weight is 298 g/mol. The van der Waals surface area contributed by atoms with Crippen molar-refractivity contribution in [2.45, 2.75) is 38.0 Å². The lowest BCUT2D eigenvalue weighted by Crippen LogP contribution is -2.28. The second-order valence-corrected chi connectivity index (χ2v) is 7.47. The van der Waals surface area contributed by atoms with Crippen molar-refractivity contribution in [1.29, 1.82) is 0 Å². The molecule has 1 aromatic rings. The van der Waals surface area contributed by atoms with Crippen LogP contribution in [-0.4, -0.2) is 40.5 Å². The summed E-state index contributed by atoms with van der Waals surface area (Å²) in [6.45, 7) is 7.29. The maximum atomic E-state index is 12.3. The van der Waals surface area contributed by atoms with Gasteiger partial charge in [-0.05, 0) is 57.1 Å². The molecule has 0 bridgehead atoms. The molecule has 0 fully saturated rings. The first-order chi connectivity index (χ1) is 9.24. The molecule has 5 heteroatoms. The molecule has 1 aromatic carbocycles. The van der Waals surface area contributed by atoms with Crippen LogP contribution in [0.1, 0.15) is 37.3 Å². The molecule has 0 unspecified atom stereocenters. The van der Waals surface area contributed by atoms with Gasteiger partial charge in [-0.15, -0.1) is 0 Å². The Balaban J connectivity index is 2.84. The summed E-state index contributed by atoms with van der Waals surface area (Å²) in [7, 11) is 0.540. The number of sulfonamides is 1. The third-order valence-corrected chi connectivity index (χ3v) is 4.85. The van der Waals surface area contributed by atoms with Crippen molar-refractivity contribution in [2.75, 3.05) is 27.2 Å². The SMILES string of the molecule is Cc1ccc(C(C)C)cc1S(=O)(=O)NCCCN(C)C. The molecule has 0 aliphatic heterocycles. The lowest BCUT2D eigenvalue weighted by Gasteiger charge is -2.13. The molecule has 20 heavy (non-hydrogen) atoms. The molecule has 0 saturated carbocycles. The van der Waals surface area contributed by atoms with Crippen molar-refractivity contribution in [2.24, 2.45) is 0 Å². The van der Waals surface area contributed by atoms with E-state index in [2.05, 4.69) is 18.6 Å². The van der Waals surface area contributed by atoms with Crippen molar-refractivity contribution >= 4 is 10.0 Å². The first kappa shape index (κ1) is 17.1. The summed E-state index contributed by atoms with van der Waals surface area (Å²) in [4.78, 5) is 2.44. The quantitative estimate of drug-likeness (QED) is 0.786. The van der Waals surface area contributed by atoms with E-state index < -0.39 is 10.0 Å². The highest BCUT2D eigenvalue weighted by Gasteiger charge is 2.17. The van der Waals surface area contributed by atoms with E-state index in [-0.39, 0.29) is 0 Å². The number of aryl methyl sites for hydroxylation is 1. The van der Waals surface area contributed by atoms with Crippen LogP contribution in [0.3, 0.4) is 0 Å². The standard InChI is InChI=1S/C15H26N2O2S/c1-12(2)14-8-7-13(3)15(11-14)20(18,19)16-9-6-10-17(4)5/h7-8,11-12,16H,6,9-10H2,1-5H3. The number of hydrogen-bond donors (Lipinski definition) is 1. The van der Waals surface area contributed by atoms with Gasteiger partial charge in [-0.25, -0.2) is 13.1 Å². The van der Waals surface area contributed by atoms with Gasteiger partial charge >= 0.3 is 0 Å². The molecule has 0 spiro atoms. The van der Waals surface area contributed by atoms with Crippen LogP contribution in [0, 0.1) is 6.92 Å². The lowest BCUT2D eigenvalue weighted by atomic mass is 10.0. The second-order valence-electron chi connectivity index (χ2n) is 5.73. The molecule has 0 amide bonds. The van der Waals surface area contributed by atoms with Gasteiger partial charge in [0.2, 0.25) is 10.0 Å². The van der Waals surface area contributed by atoms with Crippen molar-refractivity contribution in [3.8, 4) is 0 Å². The number of benzene rings is 1. The van der Waals surface area contributed by atoms with Gasteiger partial charge in [0, 0.05) is 6.54 Å². The number of nitrogens with one attached hydrogen (secondary N) is 1. The summed E-state index contributed by atoms with van der Waals surface area (Å²) >= 11 is 0. The van der Waals surface area contributed by atoms with Crippen molar-refractivity contribution in [3.05, 3.63) is 29.3 Å². The molecule has 1 N–H and O–H groups in total. The minimum Gasteiger partial charge on any atom is -0.309 e. The molecular formula is C15H26N2O2S. The third kappa shape index (κ3) is 4.89. The highest BCUT2D eigenvalue weighted by atomic mass is 32.2. The van der Waals surface area contributed by atoms with Crippen LogP contribution < -0.4 is 4.72 Å². The van der Waals surface area contributed by atoms with E-state index in [1.54, 1.807) is 6.07 Å². The Morgan fingerprint density at radius 1 is 1.25 bits per heavy atom. The summed E-state index contributed by atoms with van der Waals surface area (Å²) < 4.78 is 27.4. The fourth-order valence-corrected chi connectivity index (χ4v) is 3.30. The van der Waals surface area contributed by atoms with Crippen molar-refractivity contribution in [3.63, 3.8) is 0 Å². The molecule has 114 valence electrons. The first-order valence-electron chi connectivity index (χ1n) is 6.99. The fraction of sp³-hybridized carbons (Fsp3) is 0.600. The summed E-state index contributed by atoms with van der Waals surface area (Å²) in [5.74, 6) is 0.318. The Kier molecular flexibility index (Phi) is 6.17. The van der Waals surface area contributed by atoms with Crippen LogP contribution in [-0.2, 0) is 10.0 Å². The predicted molar refractivity (Wildman–Crippen MR) is 83.6 cm³/mol. The Morgan fingerprint density at radius 3 is 2.45 bits per heavy atom. The zero-order valence-electron chi connectivity index (χ0n) is 13.1. The molecule has 0 saturated heterocycles. The van der Waals surface area contributed by atoms with Crippen LogP contribution in [0.5, 0.6) is 0 Å². The van der Waals surface area contributed by atoms with Gasteiger partial charge in [-0.3, -0.25) is 0 Å². The summed E-state index contributed by atoms with van der Waals surface area (Å²) in [6, 6.07) is 5.66. The Labute approximate surface area is 123 Å². The van der Waals surface area contributed by atoms with Crippen LogP contribution in [0.25, 0.3) is 0 Å². The van der Waals surface area contributed by atoms with Crippen molar-refractivity contribution < 1.29 is 8.42 Å². The van der Waals surface area contributed by atoms with Gasteiger partial charge < -0.3 is 4.90 Å². The minimum absolute atomic E-state index is 0.318. The van der Waals surface area contributed by atoms with E-state index in [0.29, 0.717) is 17.4 Å². The summed E-state index contributed by atoms with van der Waals surface area (Å²) in [5, 5.41) is 0. The van der Waals surface area contributed by atoms with Crippen LogP contribution in [0.15, 0.2) is 23.1 Å². The van der Waals surface area contributed by atoms with Gasteiger partial charge in [-0.2, -0.15) is 0 Å². The normalized spacial score (nSPS) is 12.3. The van der Waals surface area contributed by atoms with Gasteiger partial charge in [-0.1, -0.05) is 26.0 Å². The van der Waals surface area contributed by atoms with E-state index in [1.807, 2.05) is 38.1 Å². The Morgan fingerprint density at radius 2 is 1.90 bits per heavy atom. The average Bonchev–Trinajstić information content (AvgIpc) is 2.34. The third-order valence-electron chi connectivity index (χ3n) is 3.24. The predicted octanol–water partition coefficient (Wildman–Crippen LogP) is 2.35. The molecular weight excluding hydrogens is 272 g/mol. The molecule has 1 rings (SSSR count). The van der Waals surface area contributed by atoms with Crippen molar-refractivity contribution in [1.82, 2.24) is 9.62 Å². The number of hydrogen-bond acceptors (Lipinski definition) is 3. The van der Waals surface area contributed by atoms with E-state index in [9.17, 15) is 8.42 Å². The Hall–Kier alpha value is -0.910. The summed E-state index contributed by atoms with van der Waals surface area (Å²) in [6.07, 6.45) is 0.801. The Bertz CT molecular complexity index is 537. The van der Waals surface area contributed by atoms with Crippen LogP contribution in [0.2, 0.25) is 0 Å². The zero-order valence-corrected chi connectivity index (χ0v) is 13.9.